The van der Waals surface area contributed by atoms with Gasteiger partial charge in [0.1, 0.15) is 11.7 Å². The molecule has 2 aromatic rings. The van der Waals surface area contributed by atoms with Crippen LogP contribution in [-0.4, -0.2) is 13.0 Å². The summed E-state index contributed by atoms with van der Waals surface area (Å²) >= 11 is 0. The van der Waals surface area contributed by atoms with Gasteiger partial charge < -0.3 is 10.1 Å². The Hall–Kier alpha value is -2.80. The van der Waals surface area contributed by atoms with E-state index in [1.165, 1.54) is 0 Å². The van der Waals surface area contributed by atoms with Crippen molar-refractivity contribution >= 4 is 11.6 Å². The summed E-state index contributed by atoms with van der Waals surface area (Å²) in [6, 6.07) is 17.2. The molecule has 1 N–H and O–H groups in total. The molecule has 0 bridgehead atoms. The lowest BCUT2D eigenvalue weighted by Crippen LogP contribution is -2.24. The quantitative estimate of drug-likeness (QED) is 0.887. The molecule has 0 saturated carbocycles. The summed E-state index contributed by atoms with van der Waals surface area (Å²) < 4.78 is 5.28. The minimum Gasteiger partial charge on any atom is -0.496 e. The summed E-state index contributed by atoms with van der Waals surface area (Å²) in [6.07, 6.45) is 1.14. The number of para-hydroxylation sites is 2. The van der Waals surface area contributed by atoms with Gasteiger partial charge in [-0.2, -0.15) is 5.26 Å². The normalized spacial score (nSPS) is 11.3. The number of methoxy groups -OCH3 is 1. The van der Waals surface area contributed by atoms with Gasteiger partial charge in [0.25, 0.3) is 0 Å². The van der Waals surface area contributed by atoms with Crippen LogP contribution in [-0.2, 0) is 17.6 Å². The Morgan fingerprint density at radius 3 is 2.48 bits per heavy atom. The third kappa shape index (κ3) is 4.10. The van der Waals surface area contributed by atoms with E-state index in [4.69, 9.17) is 4.74 Å². The number of ether oxygens (including phenoxy) is 1. The topological polar surface area (TPSA) is 62.1 Å². The summed E-state index contributed by atoms with van der Waals surface area (Å²) in [6.45, 7) is 2.03. The Morgan fingerprint density at radius 2 is 1.83 bits per heavy atom. The van der Waals surface area contributed by atoms with Crippen LogP contribution in [0.15, 0.2) is 48.5 Å². The molecule has 2 rings (SSSR count). The van der Waals surface area contributed by atoms with Crippen LogP contribution in [0.25, 0.3) is 0 Å². The number of carbonyl (C=O) groups excluding carboxylic acids is 1. The fourth-order valence-electron chi connectivity index (χ4n) is 2.46. The van der Waals surface area contributed by atoms with Gasteiger partial charge in [-0.1, -0.05) is 43.3 Å². The van der Waals surface area contributed by atoms with Crippen molar-refractivity contribution in [2.24, 2.45) is 5.92 Å². The highest BCUT2D eigenvalue weighted by atomic mass is 16.5. The number of aryl methyl sites for hydroxylation is 1. The maximum absolute atomic E-state index is 12.4. The Labute approximate surface area is 136 Å². The standard InChI is InChI=1S/C19H20N2O2/c1-3-14-8-4-6-10-17(14)21-19(22)16(13-20)12-15-9-5-7-11-18(15)23-2/h4-11,16H,3,12H2,1-2H3,(H,21,22)/t16-/m0/s1. The highest BCUT2D eigenvalue weighted by Crippen LogP contribution is 2.22. The highest BCUT2D eigenvalue weighted by Gasteiger charge is 2.20. The molecule has 0 aliphatic rings. The number of anilines is 1. The van der Waals surface area contributed by atoms with E-state index in [1.54, 1.807) is 7.11 Å². The van der Waals surface area contributed by atoms with E-state index in [1.807, 2.05) is 55.5 Å². The van der Waals surface area contributed by atoms with Crippen molar-refractivity contribution in [1.82, 2.24) is 0 Å². The van der Waals surface area contributed by atoms with E-state index < -0.39 is 5.92 Å². The van der Waals surface area contributed by atoms with Gasteiger partial charge in [0.15, 0.2) is 0 Å². The van der Waals surface area contributed by atoms with Gasteiger partial charge in [0.05, 0.1) is 13.2 Å². The van der Waals surface area contributed by atoms with Crippen LogP contribution < -0.4 is 10.1 Å². The van der Waals surface area contributed by atoms with Crippen LogP contribution in [0.2, 0.25) is 0 Å². The fraction of sp³-hybridized carbons (Fsp3) is 0.263. The lowest BCUT2D eigenvalue weighted by Gasteiger charge is -2.14. The second-order valence-electron chi connectivity index (χ2n) is 5.20. The molecule has 23 heavy (non-hydrogen) atoms. The molecule has 0 saturated heterocycles. The molecular formula is C19H20N2O2. The molecule has 0 fully saturated rings. The van der Waals surface area contributed by atoms with E-state index in [0.717, 1.165) is 23.2 Å². The number of rotatable bonds is 6. The molecule has 0 heterocycles. The molecule has 0 radical (unpaired) electrons. The summed E-state index contributed by atoms with van der Waals surface area (Å²) in [5.74, 6) is -0.370. The first-order valence-electron chi connectivity index (χ1n) is 7.59. The smallest absolute Gasteiger partial charge is 0.242 e. The van der Waals surface area contributed by atoms with E-state index in [9.17, 15) is 10.1 Å². The van der Waals surface area contributed by atoms with Gasteiger partial charge in [0.2, 0.25) is 5.91 Å². The number of hydrogen-bond donors (Lipinski definition) is 1. The predicted molar refractivity (Wildman–Crippen MR) is 90.3 cm³/mol. The zero-order valence-electron chi connectivity index (χ0n) is 13.4. The zero-order chi connectivity index (χ0) is 16.7. The molecule has 1 amide bonds. The summed E-state index contributed by atoms with van der Waals surface area (Å²) in [4.78, 5) is 12.4. The number of amides is 1. The molecule has 0 spiro atoms. The Bertz CT molecular complexity index is 719. The molecule has 118 valence electrons. The van der Waals surface area contributed by atoms with Crippen LogP contribution in [0.1, 0.15) is 18.1 Å². The number of carbonyl (C=O) groups is 1. The average molecular weight is 308 g/mol. The molecular weight excluding hydrogens is 288 g/mol. The first kappa shape index (κ1) is 16.6. The first-order chi connectivity index (χ1) is 11.2. The van der Waals surface area contributed by atoms with Crippen molar-refractivity contribution in [2.45, 2.75) is 19.8 Å². The Morgan fingerprint density at radius 1 is 1.17 bits per heavy atom. The Kier molecular flexibility index (Phi) is 5.76. The Balaban J connectivity index is 2.14. The van der Waals surface area contributed by atoms with Gasteiger partial charge in [0, 0.05) is 12.1 Å². The number of nitrogens with zero attached hydrogens (tertiary/aromatic N) is 1. The van der Waals surface area contributed by atoms with E-state index >= 15 is 0 Å². The van der Waals surface area contributed by atoms with Crippen molar-refractivity contribution < 1.29 is 9.53 Å². The molecule has 0 aliphatic heterocycles. The van der Waals surface area contributed by atoms with Crippen LogP contribution in [0.3, 0.4) is 0 Å². The van der Waals surface area contributed by atoms with Crippen molar-refractivity contribution in [3.8, 4) is 11.8 Å². The number of benzene rings is 2. The fourth-order valence-corrected chi connectivity index (χ4v) is 2.46. The number of nitrogens with one attached hydrogen (secondary N) is 1. The third-order valence-corrected chi connectivity index (χ3v) is 3.75. The number of nitriles is 1. The van der Waals surface area contributed by atoms with Gasteiger partial charge in [-0.15, -0.1) is 0 Å². The monoisotopic (exact) mass is 308 g/mol. The molecule has 1 atom stereocenters. The largest absolute Gasteiger partial charge is 0.496 e. The van der Waals surface area contributed by atoms with E-state index in [2.05, 4.69) is 11.4 Å². The van der Waals surface area contributed by atoms with Crippen LogP contribution in [0.4, 0.5) is 5.69 Å². The maximum Gasteiger partial charge on any atom is 0.242 e. The molecule has 2 aromatic carbocycles. The maximum atomic E-state index is 12.4. The first-order valence-corrected chi connectivity index (χ1v) is 7.59. The molecule has 4 nitrogen and oxygen atoms in total. The number of hydrogen-bond acceptors (Lipinski definition) is 3. The molecule has 0 unspecified atom stereocenters. The van der Waals surface area contributed by atoms with Crippen LogP contribution in [0.5, 0.6) is 5.75 Å². The van der Waals surface area contributed by atoms with Crippen LogP contribution in [0, 0.1) is 17.2 Å². The minimum atomic E-state index is -0.767. The third-order valence-electron chi connectivity index (χ3n) is 3.75. The van der Waals surface area contributed by atoms with E-state index in [-0.39, 0.29) is 5.91 Å². The summed E-state index contributed by atoms with van der Waals surface area (Å²) in [5, 5.41) is 12.2. The van der Waals surface area contributed by atoms with Gasteiger partial charge in [-0.3, -0.25) is 4.79 Å². The summed E-state index contributed by atoms with van der Waals surface area (Å²) in [5.41, 5.74) is 2.66. The average Bonchev–Trinajstić information content (AvgIpc) is 2.60. The minimum absolute atomic E-state index is 0.292. The van der Waals surface area contributed by atoms with Crippen LogP contribution >= 0.6 is 0 Å². The highest BCUT2D eigenvalue weighted by molar-refractivity contribution is 5.95. The molecule has 0 aliphatic carbocycles. The van der Waals surface area contributed by atoms with Crippen molar-refractivity contribution in [2.75, 3.05) is 12.4 Å². The van der Waals surface area contributed by atoms with Gasteiger partial charge in [-0.05, 0) is 29.7 Å². The van der Waals surface area contributed by atoms with Gasteiger partial charge >= 0.3 is 0 Å². The van der Waals surface area contributed by atoms with Crippen molar-refractivity contribution in [3.05, 3.63) is 59.7 Å². The molecule has 0 aromatic heterocycles. The van der Waals surface area contributed by atoms with Crippen molar-refractivity contribution in [3.63, 3.8) is 0 Å². The second kappa shape index (κ2) is 8.00. The summed E-state index contributed by atoms with van der Waals surface area (Å²) in [7, 11) is 1.58. The zero-order valence-corrected chi connectivity index (χ0v) is 13.4. The van der Waals surface area contributed by atoms with Gasteiger partial charge in [-0.25, -0.2) is 0 Å². The predicted octanol–water partition coefficient (Wildman–Crippen LogP) is 3.58. The lowest BCUT2D eigenvalue weighted by molar-refractivity contribution is -0.118. The second-order valence-corrected chi connectivity index (χ2v) is 5.20. The van der Waals surface area contributed by atoms with E-state index in [0.29, 0.717) is 12.2 Å². The SMILES string of the molecule is CCc1ccccc1NC(=O)[C@H](C#N)Cc1ccccc1OC. The van der Waals surface area contributed by atoms with Crippen molar-refractivity contribution in [1.29, 1.82) is 5.26 Å². The molecule has 4 heteroatoms. The lowest BCUT2D eigenvalue weighted by atomic mass is 9.98.